The number of benzene rings is 2. The molecule has 0 saturated heterocycles. The van der Waals surface area contributed by atoms with Gasteiger partial charge >= 0.3 is 5.97 Å². The number of anilines is 1. The maximum Gasteiger partial charge on any atom is 0.337 e. The van der Waals surface area contributed by atoms with Gasteiger partial charge in [0.25, 0.3) is 10.0 Å². The maximum atomic E-state index is 13.3. The average molecular weight is 396 g/mol. The number of hydrogen-bond acceptors (Lipinski definition) is 5. The number of hydrogen-bond donors (Lipinski definition) is 0. The number of halogens is 1. The van der Waals surface area contributed by atoms with Crippen LogP contribution in [0.4, 0.5) is 5.69 Å². The van der Waals surface area contributed by atoms with Gasteiger partial charge in [0.2, 0.25) is 0 Å². The monoisotopic (exact) mass is 395 g/mol. The van der Waals surface area contributed by atoms with Crippen molar-refractivity contribution in [3.8, 4) is 5.75 Å². The van der Waals surface area contributed by atoms with E-state index in [1.807, 2.05) is 6.92 Å². The van der Waals surface area contributed by atoms with Crippen molar-refractivity contribution < 1.29 is 22.7 Å². The number of fused-ring (bicyclic) bond motifs is 1. The Kier molecular flexibility index (Phi) is 4.86. The molecular formula is C18H18ClNO5S. The summed E-state index contributed by atoms with van der Waals surface area (Å²) in [6.45, 7) is 2.19. The minimum absolute atomic E-state index is 0.0170. The number of esters is 1. The van der Waals surface area contributed by atoms with Crippen molar-refractivity contribution in [3.63, 3.8) is 0 Å². The van der Waals surface area contributed by atoms with Crippen LogP contribution in [0.5, 0.6) is 5.75 Å². The number of nitrogens with zero attached hydrogens (tertiary/aromatic N) is 1. The molecule has 6 nitrogen and oxygen atoms in total. The molecule has 0 radical (unpaired) electrons. The Bertz CT molecular complexity index is 974. The largest absolute Gasteiger partial charge is 0.495 e. The van der Waals surface area contributed by atoms with Gasteiger partial charge in [-0.15, -0.1) is 0 Å². The molecule has 1 atom stereocenters. The van der Waals surface area contributed by atoms with Crippen molar-refractivity contribution in [3.05, 3.63) is 52.5 Å². The van der Waals surface area contributed by atoms with Crippen LogP contribution in [-0.2, 0) is 14.8 Å². The quantitative estimate of drug-likeness (QED) is 0.741. The standard InChI is InChI=1S/C18H18ClNO5S/c1-11-10-20(15-8-12(18(21)25-3)4-6-14(11)15)26(22,23)17-9-13(19)5-7-16(17)24-2/h4-9,11H,10H2,1-3H3. The molecule has 3 rings (SSSR count). The third kappa shape index (κ3) is 3.01. The molecule has 0 aliphatic carbocycles. The zero-order chi connectivity index (χ0) is 19.1. The van der Waals surface area contributed by atoms with Crippen LogP contribution in [0.15, 0.2) is 41.3 Å². The summed E-state index contributed by atoms with van der Waals surface area (Å²) in [7, 11) is -1.25. The van der Waals surface area contributed by atoms with Crippen LogP contribution in [-0.4, -0.2) is 35.2 Å². The highest BCUT2D eigenvalue weighted by molar-refractivity contribution is 7.93. The Hall–Kier alpha value is -2.25. The minimum atomic E-state index is -3.93. The summed E-state index contributed by atoms with van der Waals surface area (Å²) in [5.74, 6) is -0.332. The lowest BCUT2D eigenvalue weighted by molar-refractivity contribution is 0.0600. The molecule has 0 fully saturated rings. The van der Waals surface area contributed by atoms with E-state index in [0.29, 0.717) is 16.3 Å². The SMILES string of the molecule is COC(=O)c1ccc2c(c1)N(S(=O)(=O)c1cc(Cl)ccc1OC)CC2C. The van der Waals surface area contributed by atoms with Crippen LogP contribution in [0.3, 0.4) is 0 Å². The van der Waals surface area contributed by atoms with E-state index in [1.165, 1.54) is 30.7 Å². The summed E-state index contributed by atoms with van der Waals surface area (Å²) >= 11 is 6.00. The molecule has 1 unspecified atom stereocenters. The van der Waals surface area contributed by atoms with Crippen molar-refractivity contribution >= 4 is 33.3 Å². The predicted molar refractivity (Wildman–Crippen MR) is 98.7 cm³/mol. The summed E-state index contributed by atoms with van der Waals surface area (Å²) in [6, 6.07) is 9.38. The molecule has 0 bridgehead atoms. The molecule has 0 spiro atoms. The second-order valence-corrected chi connectivity index (χ2v) is 8.26. The second kappa shape index (κ2) is 6.81. The Morgan fingerprint density at radius 2 is 1.92 bits per heavy atom. The van der Waals surface area contributed by atoms with Gasteiger partial charge < -0.3 is 9.47 Å². The molecule has 1 aliphatic heterocycles. The molecule has 1 aliphatic rings. The first kappa shape index (κ1) is 18.5. The number of ether oxygens (including phenoxy) is 2. The van der Waals surface area contributed by atoms with Crippen LogP contribution in [0, 0.1) is 0 Å². The molecule has 2 aromatic carbocycles. The van der Waals surface area contributed by atoms with Crippen molar-refractivity contribution in [2.24, 2.45) is 0 Å². The third-order valence-corrected chi connectivity index (χ3v) is 6.42. The van der Waals surface area contributed by atoms with Crippen molar-refractivity contribution in [2.45, 2.75) is 17.7 Å². The molecule has 138 valence electrons. The lowest BCUT2D eigenvalue weighted by atomic mass is 10.0. The van der Waals surface area contributed by atoms with Gasteiger partial charge in [-0.05, 0) is 35.9 Å². The molecule has 8 heteroatoms. The third-order valence-electron chi connectivity index (χ3n) is 4.38. The molecule has 0 aromatic heterocycles. The fourth-order valence-electron chi connectivity index (χ4n) is 3.07. The predicted octanol–water partition coefficient (Wildman–Crippen LogP) is 3.45. The van der Waals surface area contributed by atoms with Crippen LogP contribution in [0.2, 0.25) is 5.02 Å². The Balaban J connectivity index is 2.15. The van der Waals surface area contributed by atoms with Gasteiger partial charge in [-0.25, -0.2) is 13.2 Å². The molecular weight excluding hydrogens is 378 g/mol. The fraction of sp³-hybridized carbons (Fsp3) is 0.278. The van der Waals surface area contributed by atoms with Gasteiger partial charge in [0.05, 0.1) is 25.5 Å². The van der Waals surface area contributed by atoms with Crippen LogP contribution < -0.4 is 9.04 Å². The minimum Gasteiger partial charge on any atom is -0.495 e. The fourth-order valence-corrected chi connectivity index (χ4v) is 5.06. The van der Waals surface area contributed by atoms with Gasteiger partial charge in [0.1, 0.15) is 10.6 Å². The lowest BCUT2D eigenvalue weighted by Crippen LogP contribution is -2.30. The number of rotatable bonds is 4. The molecule has 1 heterocycles. The van der Waals surface area contributed by atoms with E-state index in [4.69, 9.17) is 21.1 Å². The van der Waals surface area contributed by atoms with E-state index in [0.717, 1.165) is 5.56 Å². The molecule has 0 amide bonds. The van der Waals surface area contributed by atoms with Crippen LogP contribution in [0.1, 0.15) is 28.8 Å². The highest BCUT2D eigenvalue weighted by atomic mass is 35.5. The number of sulfonamides is 1. The number of methoxy groups -OCH3 is 2. The van der Waals surface area contributed by atoms with Gasteiger partial charge in [-0.2, -0.15) is 0 Å². The van der Waals surface area contributed by atoms with E-state index in [-0.39, 0.29) is 23.1 Å². The van der Waals surface area contributed by atoms with Crippen LogP contribution >= 0.6 is 11.6 Å². The second-order valence-electron chi connectivity index (χ2n) is 6.00. The molecule has 2 aromatic rings. The first-order valence-electron chi connectivity index (χ1n) is 7.88. The Morgan fingerprint density at radius 3 is 2.58 bits per heavy atom. The Morgan fingerprint density at radius 1 is 1.19 bits per heavy atom. The molecule has 0 N–H and O–H groups in total. The van der Waals surface area contributed by atoms with Crippen molar-refractivity contribution in [1.29, 1.82) is 0 Å². The van der Waals surface area contributed by atoms with E-state index in [2.05, 4.69) is 0 Å². The smallest absolute Gasteiger partial charge is 0.337 e. The van der Waals surface area contributed by atoms with Crippen molar-refractivity contribution in [1.82, 2.24) is 0 Å². The van der Waals surface area contributed by atoms with E-state index in [1.54, 1.807) is 24.3 Å². The summed E-state index contributed by atoms with van der Waals surface area (Å²) in [4.78, 5) is 11.8. The van der Waals surface area contributed by atoms with Gasteiger partial charge in [0.15, 0.2) is 0 Å². The van der Waals surface area contributed by atoms with E-state index < -0.39 is 16.0 Å². The van der Waals surface area contributed by atoms with Gasteiger partial charge in [0, 0.05) is 17.5 Å². The molecule has 26 heavy (non-hydrogen) atoms. The zero-order valence-corrected chi connectivity index (χ0v) is 16.1. The molecule has 0 saturated carbocycles. The summed E-state index contributed by atoms with van der Waals surface area (Å²) in [5, 5.41) is 0.292. The first-order chi connectivity index (χ1) is 12.3. The van der Waals surface area contributed by atoms with E-state index in [9.17, 15) is 13.2 Å². The lowest BCUT2D eigenvalue weighted by Gasteiger charge is -2.21. The van der Waals surface area contributed by atoms with Crippen LogP contribution in [0.25, 0.3) is 0 Å². The average Bonchev–Trinajstić information content (AvgIpc) is 2.98. The van der Waals surface area contributed by atoms with Crippen molar-refractivity contribution in [2.75, 3.05) is 25.1 Å². The summed E-state index contributed by atoms with van der Waals surface area (Å²) in [5.41, 5.74) is 1.60. The van der Waals surface area contributed by atoms with Gasteiger partial charge in [-0.1, -0.05) is 24.6 Å². The first-order valence-corrected chi connectivity index (χ1v) is 9.70. The maximum absolute atomic E-state index is 13.3. The summed E-state index contributed by atoms with van der Waals surface area (Å²) in [6.07, 6.45) is 0. The highest BCUT2D eigenvalue weighted by Crippen LogP contribution is 2.41. The number of carbonyl (C=O) groups is 1. The van der Waals surface area contributed by atoms with Gasteiger partial charge in [-0.3, -0.25) is 4.31 Å². The number of carbonyl (C=O) groups excluding carboxylic acids is 1. The highest BCUT2D eigenvalue weighted by Gasteiger charge is 2.37. The van der Waals surface area contributed by atoms with E-state index >= 15 is 0 Å². The summed E-state index contributed by atoms with van der Waals surface area (Å²) < 4.78 is 37.8. The topological polar surface area (TPSA) is 72.9 Å². The Labute approximate surface area is 157 Å². The zero-order valence-electron chi connectivity index (χ0n) is 14.5. The normalized spacial score (nSPS) is 16.3.